The first kappa shape index (κ1) is 40.3. The zero-order valence-corrected chi connectivity index (χ0v) is 34.9. The Labute approximate surface area is 320 Å². The minimum atomic E-state index is -0.850. The van der Waals surface area contributed by atoms with Crippen LogP contribution in [0.3, 0.4) is 0 Å². The number of benzene rings is 4. The number of hydrogen-bond donors (Lipinski definition) is 0. The van der Waals surface area contributed by atoms with E-state index < -0.39 is 15.8 Å². The van der Waals surface area contributed by atoms with Gasteiger partial charge in [-0.3, -0.25) is 0 Å². The number of aryl methyl sites for hydroxylation is 8. The van der Waals surface area contributed by atoms with Gasteiger partial charge in [-0.15, -0.1) is 5.30 Å². The molecule has 51 heavy (non-hydrogen) atoms. The van der Waals surface area contributed by atoms with E-state index in [0.29, 0.717) is 5.66 Å². The second kappa shape index (κ2) is 17.9. The molecule has 0 fully saturated rings. The molecule has 0 aromatic heterocycles. The van der Waals surface area contributed by atoms with Gasteiger partial charge in [-0.1, -0.05) is 65.6 Å². The third kappa shape index (κ3) is 9.33. The maximum Gasteiger partial charge on any atom is 2.00 e. The molecular weight excluding hydrogens is 702 g/mol. The van der Waals surface area contributed by atoms with Crippen LogP contribution < -0.4 is 36.0 Å². The third-order valence-corrected chi connectivity index (χ3v) is 14.4. The summed E-state index contributed by atoms with van der Waals surface area (Å²) in [5.74, 6) is 1.94. The largest absolute Gasteiger partial charge is 2.00 e. The van der Waals surface area contributed by atoms with Crippen molar-refractivity contribution in [2.24, 2.45) is 0 Å². The van der Waals surface area contributed by atoms with Crippen molar-refractivity contribution in [1.29, 1.82) is 0 Å². The molecule has 6 aromatic carbocycles. The van der Waals surface area contributed by atoms with E-state index in [1.807, 2.05) is 30.3 Å². The van der Waals surface area contributed by atoms with Gasteiger partial charge in [-0.25, -0.2) is 18.2 Å². The maximum atomic E-state index is 5.80. The predicted octanol–water partition coefficient (Wildman–Crippen LogP) is 10.2. The molecule has 2 nitrogen and oxygen atoms in total. The maximum absolute atomic E-state index is 5.80. The number of hydrogen-bond acceptors (Lipinski definition) is 2. The third-order valence-electron chi connectivity index (χ3n) is 9.24. The molecule has 0 unspecified atom stereocenters. The fraction of sp³-hybridized carbons (Fsp3) is 0.261. The average molecular weight is 755 g/mol. The van der Waals surface area contributed by atoms with Crippen molar-refractivity contribution in [1.82, 2.24) is 0 Å². The van der Waals surface area contributed by atoms with Crippen LogP contribution in [0.15, 0.2) is 109 Å². The number of ether oxygens (including phenoxy) is 2. The molecule has 6 aromatic rings. The summed E-state index contributed by atoms with van der Waals surface area (Å²) in [5.41, 5.74) is 11.8. The molecule has 0 saturated heterocycles. The van der Waals surface area contributed by atoms with Gasteiger partial charge in [-0.05, 0) is 145 Å². The molecule has 266 valence electrons. The first-order chi connectivity index (χ1) is 23.9. The summed E-state index contributed by atoms with van der Waals surface area (Å²) in [6.45, 7) is 20.0. The van der Waals surface area contributed by atoms with Gasteiger partial charge in [0.15, 0.2) is 0 Å². The molecule has 0 spiro atoms. The molecule has 0 saturated carbocycles. The molecule has 1 atom stereocenters. The van der Waals surface area contributed by atoms with Gasteiger partial charge in [0.05, 0.1) is 14.2 Å². The van der Waals surface area contributed by atoms with Crippen molar-refractivity contribution in [3.8, 4) is 11.5 Å². The van der Waals surface area contributed by atoms with Crippen LogP contribution in [0.1, 0.15) is 62.7 Å². The number of rotatable bonds is 9. The van der Waals surface area contributed by atoms with Gasteiger partial charge in [0.1, 0.15) is 11.5 Å². The molecule has 0 bridgehead atoms. The summed E-state index contributed by atoms with van der Waals surface area (Å²) in [4.78, 5) is 0. The van der Waals surface area contributed by atoms with Gasteiger partial charge < -0.3 is 9.47 Å². The molecule has 5 heteroatoms. The Morgan fingerprint density at radius 1 is 0.529 bits per heavy atom. The second-order valence-electron chi connectivity index (χ2n) is 13.6. The van der Waals surface area contributed by atoms with E-state index in [0.717, 1.165) is 11.5 Å². The topological polar surface area (TPSA) is 18.5 Å². The van der Waals surface area contributed by atoms with E-state index in [-0.39, 0.29) is 17.1 Å². The average Bonchev–Trinajstić information content (AvgIpc) is 3.77. The van der Waals surface area contributed by atoms with Gasteiger partial charge in [0.25, 0.3) is 0 Å². The monoisotopic (exact) mass is 754 g/mol. The predicted molar refractivity (Wildman–Crippen MR) is 221 cm³/mol. The Morgan fingerprint density at radius 3 is 1.25 bits per heavy atom. The van der Waals surface area contributed by atoms with Crippen molar-refractivity contribution in [2.75, 3.05) is 14.2 Å². The van der Waals surface area contributed by atoms with E-state index in [1.54, 1.807) is 14.2 Å². The minimum Gasteiger partial charge on any atom is -0.496 e. The molecule has 0 heterocycles. The fourth-order valence-electron chi connectivity index (χ4n) is 7.40. The Hall–Kier alpha value is -3.44. The molecule has 0 aliphatic carbocycles. The van der Waals surface area contributed by atoms with Crippen molar-refractivity contribution >= 4 is 42.4 Å². The molecular formula is C46H52FeO2P2. The Kier molecular flexibility index (Phi) is 14.1. The Balaban J connectivity index is 0.000000894. The van der Waals surface area contributed by atoms with Crippen LogP contribution in [-0.4, -0.2) is 14.2 Å². The minimum absolute atomic E-state index is 0. The Morgan fingerprint density at radius 2 is 0.922 bits per heavy atom. The quantitative estimate of drug-likeness (QED) is 0.0832. The van der Waals surface area contributed by atoms with E-state index in [2.05, 4.69) is 141 Å². The van der Waals surface area contributed by atoms with E-state index >= 15 is 0 Å². The van der Waals surface area contributed by atoms with E-state index in [4.69, 9.17) is 9.47 Å². The molecule has 0 aliphatic rings. The standard InChI is InChI=1S/C41H47O2P2.C5H5.Fe/c1-25-15-26(2)18-34(17-25)44(35-19-27(3)16-28(4)20-35)33(9)38-13-12-14-39(38)45(36-21-29(5)40(42-10)30(6)22-36)37-23-31(7)41(43-11)32(8)24-37;1-2-4-5-3-1;/h12-24,33H,1-11H3;1-5H;/q2*-1;+2/t33-;;/m0../s1. The van der Waals surface area contributed by atoms with Crippen LogP contribution in [0.25, 0.3) is 0 Å². The zero-order valence-electron chi connectivity index (χ0n) is 32.0. The number of methoxy groups -OCH3 is 2. The molecule has 0 N–H and O–H groups in total. The normalized spacial score (nSPS) is 11.5. The molecule has 0 aliphatic heterocycles. The van der Waals surface area contributed by atoms with Crippen LogP contribution >= 0.6 is 15.8 Å². The zero-order chi connectivity index (χ0) is 36.1. The SMILES string of the molecule is COc1c(C)cc(P(c2cc(C)c(OC)c(C)c2)c2[cH-]ccc2[C@H](C)P(c2cc(C)cc(C)c2)c2cc(C)cc(C)c2)cc1C.[Fe+2].c1cc[cH-]c1. The van der Waals surface area contributed by atoms with Gasteiger partial charge >= 0.3 is 17.1 Å². The Bertz CT molecular complexity index is 1840. The summed E-state index contributed by atoms with van der Waals surface area (Å²) in [6.07, 6.45) is 0. The van der Waals surface area contributed by atoms with Gasteiger partial charge in [-0.2, -0.15) is 35.9 Å². The van der Waals surface area contributed by atoms with Crippen molar-refractivity contribution in [2.45, 2.75) is 68.0 Å². The van der Waals surface area contributed by atoms with Crippen LogP contribution in [0.4, 0.5) is 0 Å². The summed E-state index contributed by atoms with van der Waals surface area (Å²) in [5, 5.41) is 7.04. The first-order valence-electron chi connectivity index (χ1n) is 17.4. The van der Waals surface area contributed by atoms with E-state index in [9.17, 15) is 0 Å². The van der Waals surface area contributed by atoms with Crippen LogP contribution in [0.5, 0.6) is 11.5 Å². The smallest absolute Gasteiger partial charge is 0.496 e. The van der Waals surface area contributed by atoms with E-state index in [1.165, 1.54) is 76.6 Å². The summed E-state index contributed by atoms with van der Waals surface area (Å²) >= 11 is 0. The molecule has 0 amide bonds. The second-order valence-corrected chi connectivity index (χ2v) is 18.4. The van der Waals surface area contributed by atoms with Crippen LogP contribution in [0, 0.1) is 55.4 Å². The van der Waals surface area contributed by atoms with Crippen molar-refractivity contribution in [3.63, 3.8) is 0 Å². The van der Waals surface area contributed by atoms with Crippen molar-refractivity contribution < 1.29 is 26.5 Å². The summed E-state index contributed by atoms with van der Waals surface area (Å²) < 4.78 is 11.6. The first-order valence-corrected chi connectivity index (χ1v) is 20.2. The van der Waals surface area contributed by atoms with Gasteiger partial charge in [0.2, 0.25) is 0 Å². The fourth-order valence-corrected chi connectivity index (χ4v) is 13.5. The summed E-state index contributed by atoms with van der Waals surface area (Å²) in [7, 11) is 2.02. The molecule has 0 radical (unpaired) electrons. The summed E-state index contributed by atoms with van der Waals surface area (Å²) in [6, 6.07) is 40.7. The van der Waals surface area contributed by atoms with Gasteiger partial charge in [0, 0.05) is 0 Å². The molecule has 6 rings (SSSR count). The van der Waals surface area contributed by atoms with Crippen molar-refractivity contribution in [3.05, 3.63) is 159 Å². The van der Waals surface area contributed by atoms with Crippen LogP contribution in [0.2, 0.25) is 0 Å². The van der Waals surface area contributed by atoms with Crippen LogP contribution in [-0.2, 0) is 17.1 Å².